The number of rotatable bonds is 7. The van der Waals surface area contributed by atoms with Crippen LogP contribution < -0.4 is 10.1 Å². The highest BCUT2D eigenvalue weighted by Gasteiger charge is 2.16. The van der Waals surface area contributed by atoms with E-state index in [1.807, 2.05) is 0 Å². The highest BCUT2D eigenvalue weighted by Crippen LogP contribution is 2.24. The second kappa shape index (κ2) is 9.72. The molecule has 0 aliphatic rings. The second-order valence-corrected chi connectivity index (χ2v) is 8.34. The zero-order valence-corrected chi connectivity index (χ0v) is 19.4. The minimum absolute atomic E-state index is 0.108. The number of ether oxygens (including phenoxy) is 1. The monoisotopic (exact) mass is 537 g/mol. The molecule has 0 saturated heterocycles. The molecule has 0 aliphatic carbocycles. The number of nitrogens with zero attached hydrogens (tertiary/aromatic N) is 4. The van der Waals surface area contributed by atoms with Crippen molar-refractivity contribution >= 4 is 50.9 Å². The predicted molar refractivity (Wildman–Crippen MR) is 123 cm³/mol. The molecule has 0 aliphatic heterocycles. The summed E-state index contributed by atoms with van der Waals surface area (Å²) in [6.45, 7) is 0.229. The molecule has 0 unspecified atom stereocenters. The van der Waals surface area contributed by atoms with Gasteiger partial charge in [-0.2, -0.15) is 10.2 Å². The van der Waals surface area contributed by atoms with Crippen molar-refractivity contribution in [3.63, 3.8) is 0 Å². The zero-order chi connectivity index (χ0) is 22.7. The molecule has 1 N–H and O–H groups in total. The van der Waals surface area contributed by atoms with Crippen LogP contribution in [0, 0.1) is 5.82 Å². The van der Waals surface area contributed by atoms with Crippen molar-refractivity contribution < 1.29 is 13.9 Å². The van der Waals surface area contributed by atoms with Crippen LogP contribution in [0.1, 0.15) is 16.1 Å². The molecule has 2 aromatic carbocycles. The van der Waals surface area contributed by atoms with E-state index in [0.717, 1.165) is 0 Å². The highest BCUT2D eigenvalue weighted by atomic mass is 79.9. The predicted octanol–water partition coefficient (Wildman–Crippen LogP) is 5.63. The average Bonchev–Trinajstić information content (AvgIpc) is 3.37. The van der Waals surface area contributed by atoms with E-state index in [2.05, 4.69) is 31.4 Å². The Morgan fingerprint density at radius 2 is 1.88 bits per heavy atom. The van der Waals surface area contributed by atoms with E-state index in [0.29, 0.717) is 25.8 Å². The molecule has 2 aromatic heterocycles. The summed E-state index contributed by atoms with van der Waals surface area (Å²) in [6.07, 6.45) is 3.25. The molecule has 0 atom stereocenters. The topological polar surface area (TPSA) is 74.0 Å². The first-order chi connectivity index (χ1) is 15.4. The molecular weight excluding hydrogens is 524 g/mol. The van der Waals surface area contributed by atoms with Gasteiger partial charge in [0.05, 0.1) is 11.0 Å². The number of benzene rings is 2. The molecule has 164 valence electrons. The first kappa shape index (κ1) is 22.3. The fourth-order valence-corrected chi connectivity index (χ4v) is 3.57. The maximum absolute atomic E-state index is 14.0. The SMILES string of the molecule is O=C(Nc1nn(Cc2c(F)cccc2Cl)cc1Br)c1ccn(COc2ccc(Cl)cc2)n1. The Labute approximate surface area is 200 Å². The van der Waals surface area contributed by atoms with Gasteiger partial charge in [0.15, 0.2) is 18.2 Å². The van der Waals surface area contributed by atoms with E-state index in [4.69, 9.17) is 27.9 Å². The minimum Gasteiger partial charge on any atom is -0.471 e. The van der Waals surface area contributed by atoms with Crippen LogP contribution in [0.3, 0.4) is 0 Å². The molecule has 0 radical (unpaired) electrons. The Kier molecular flexibility index (Phi) is 6.78. The lowest BCUT2D eigenvalue weighted by atomic mass is 10.2. The van der Waals surface area contributed by atoms with E-state index in [1.54, 1.807) is 48.8 Å². The summed E-state index contributed by atoms with van der Waals surface area (Å²) in [4.78, 5) is 12.6. The van der Waals surface area contributed by atoms with Gasteiger partial charge >= 0.3 is 0 Å². The van der Waals surface area contributed by atoms with Gasteiger partial charge in [-0.05, 0) is 58.4 Å². The largest absolute Gasteiger partial charge is 0.471 e. The van der Waals surface area contributed by atoms with Crippen LogP contribution in [0.25, 0.3) is 0 Å². The molecule has 0 saturated carbocycles. The molecule has 11 heteroatoms. The Morgan fingerprint density at radius 1 is 1.09 bits per heavy atom. The van der Waals surface area contributed by atoms with Gasteiger partial charge in [0, 0.05) is 28.0 Å². The van der Waals surface area contributed by atoms with Gasteiger partial charge in [0.1, 0.15) is 11.6 Å². The molecular formula is C21H15BrCl2FN5O2. The van der Waals surface area contributed by atoms with E-state index in [9.17, 15) is 9.18 Å². The van der Waals surface area contributed by atoms with E-state index in [1.165, 1.54) is 21.5 Å². The lowest BCUT2D eigenvalue weighted by Crippen LogP contribution is -2.15. The smallest absolute Gasteiger partial charge is 0.277 e. The van der Waals surface area contributed by atoms with Crippen molar-refractivity contribution in [3.05, 3.63) is 92.5 Å². The van der Waals surface area contributed by atoms with Crippen molar-refractivity contribution in [2.24, 2.45) is 0 Å². The number of carbonyl (C=O) groups excluding carboxylic acids is 1. The van der Waals surface area contributed by atoms with Crippen molar-refractivity contribution in [3.8, 4) is 5.75 Å². The first-order valence-corrected chi connectivity index (χ1v) is 10.8. The fraction of sp³-hybridized carbons (Fsp3) is 0.0952. The quantitative estimate of drug-likeness (QED) is 0.331. The molecule has 1 amide bonds. The second-order valence-electron chi connectivity index (χ2n) is 6.65. The molecule has 0 bridgehead atoms. The molecule has 2 heterocycles. The summed E-state index contributed by atoms with van der Waals surface area (Å²) < 4.78 is 23.1. The number of anilines is 1. The van der Waals surface area contributed by atoms with Gasteiger partial charge in [-0.25, -0.2) is 9.07 Å². The van der Waals surface area contributed by atoms with Crippen molar-refractivity contribution in [1.29, 1.82) is 0 Å². The number of hydrogen-bond acceptors (Lipinski definition) is 4. The van der Waals surface area contributed by atoms with Crippen LogP contribution in [0.2, 0.25) is 10.0 Å². The first-order valence-electron chi connectivity index (χ1n) is 9.28. The number of halogens is 4. The summed E-state index contributed by atoms with van der Waals surface area (Å²) in [5.74, 6) is 0.0148. The Bertz CT molecular complexity index is 1240. The van der Waals surface area contributed by atoms with Gasteiger partial charge < -0.3 is 10.1 Å². The minimum atomic E-state index is -0.454. The summed E-state index contributed by atoms with van der Waals surface area (Å²) in [5.41, 5.74) is 0.491. The maximum atomic E-state index is 14.0. The molecule has 7 nitrogen and oxygen atoms in total. The van der Waals surface area contributed by atoms with Crippen molar-refractivity contribution in [2.75, 3.05) is 5.32 Å². The number of nitrogens with one attached hydrogen (secondary N) is 1. The molecule has 32 heavy (non-hydrogen) atoms. The maximum Gasteiger partial charge on any atom is 0.277 e. The van der Waals surface area contributed by atoms with Crippen molar-refractivity contribution in [2.45, 2.75) is 13.3 Å². The standard InChI is InChI=1S/C21H15BrCl2FN5O2/c22-16-11-30(10-15-17(24)2-1-3-18(15)25)28-20(16)26-21(31)19-8-9-29(27-19)12-32-14-6-4-13(23)5-7-14/h1-9,11H,10,12H2,(H,26,28,31). The lowest BCUT2D eigenvalue weighted by Gasteiger charge is -2.06. The van der Waals surface area contributed by atoms with E-state index >= 15 is 0 Å². The average molecular weight is 539 g/mol. The Hall–Kier alpha value is -2.88. The molecule has 4 aromatic rings. The van der Waals surface area contributed by atoms with Gasteiger partial charge in [-0.3, -0.25) is 9.48 Å². The normalized spacial score (nSPS) is 10.9. The van der Waals surface area contributed by atoms with Crippen LogP contribution in [0.5, 0.6) is 5.75 Å². The summed E-state index contributed by atoms with van der Waals surface area (Å²) in [7, 11) is 0. The Balaban J connectivity index is 1.39. The fourth-order valence-electron chi connectivity index (χ4n) is 2.81. The van der Waals surface area contributed by atoms with E-state index in [-0.39, 0.29) is 24.8 Å². The number of hydrogen-bond donors (Lipinski definition) is 1. The summed E-state index contributed by atoms with van der Waals surface area (Å²) in [5, 5.41) is 12.1. The Morgan fingerprint density at radius 3 is 2.62 bits per heavy atom. The molecule has 0 spiro atoms. The number of amides is 1. The highest BCUT2D eigenvalue weighted by molar-refractivity contribution is 9.10. The number of carbonyl (C=O) groups is 1. The van der Waals surface area contributed by atoms with Gasteiger partial charge in [0.2, 0.25) is 0 Å². The van der Waals surface area contributed by atoms with Crippen LogP contribution >= 0.6 is 39.1 Å². The van der Waals surface area contributed by atoms with Gasteiger partial charge in [-0.15, -0.1) is 0 Å². The summed E-state index contributed by atoms with van der Waals surface area (Å²) >= 11 is 15.3. The van der Waals surface area contributed by atoms with Crippen LogP contribution in [-0.2, 0) is 13.3 Å². The third kappa shape index (κ3) is 5.29. The van der Waals surface area contributed by atoms with Crippen LogP contribution in [-0.4, -0.2) is 25.5 Å². The third-order valence-corrected chi connectivity index (χ3v) is 5.57. The van der Waals surface area contributed by atoms with Crippen molar-refractivity contribution in [1.82, 2.24) is 19.6 Å². The number of aromatic nitrogens is 4. The van der Waals surface area contributed by atoms with Crippen LogP contribution in [0.4, 0.5) is 10.2 Å². The zero-order valence-electron chi connectivity index (χ0n) is 16.3. The molecule has 4 rings (SSSR count). The third-order valence-electron chi connectivity index (χ3n) is 4.38. The van der Waals surface area contributed by atoms with Crippen LogP contribution in [0.15, 0.2) is 65.4 Å². The van der Waals surface area contributed by atoms with Gasteiger partial charge in [0.25, 0.3) is 5.91 Å². The van der Waals surface area contributed by atoms with Gasteiger partial charge in [-0.1, -0.05) is 29.3 Å². The molecule has 0 fully saturated rings. The van der Waals surface area contributed by atoms with E-state index < -0.39 is 11.7 Å². The summed E-state index contributed by atoms with van der Waals surface area (Å²) in [6, 6.07) is 12.9. The lowest BCUT2D eigenvalue weighted by molar-refractivity contribution is 0.101.